The highest BCUT2D eigenvalue weighted by Gasteiger charge is 2.32. The molecule has 0 unspecified atom stereocenters. The van der Waals surface area contributed by atoms with Crippen molar-refractivity contribution in [3.63, 3.8) is 0 Å². The SMILES string of the molecule is COCC(=O)Nc1cc(-c2cc(-c3cc(NC(=O)Nc4ccc(C(F)(F)F)nc4)ccc3C)c[nH]c2=O)ccn1. The van der Waals surface area contributed by atoms with Gasteiger partial charge in [0.1, 0.15) is 18.1 Å². The van der Waals surface area contributed by atoms with Crippen LogP contribution in [0.25, 0.3) is 22.3 Å². The molecule has 0 saturated heterocycles. The van der Waals surface area contributed by atoms with Crippen LogP contribution in [0.2, 0.25) is 0 Å². The summed E-state index contributed by atoms with van der Waals surface area (Å²) in [6, 6.07) is 11.2. The quantitative estimate of drug-likeness (QED) is 0.253. The summed E-state index contributed by atoms with van der Waals surface area (Å²) in [6.07, 6.45) is -0.669. The second-order valence-electron chi connectivity index (χ2n) is 8.58. The van der Waals surface area contributed by atoms with Crippen LogP contribution in [0.5, 0.6) is 0 Å². The molecule has 0 aliphatic rings. The van der Waals surface area contributed by atoms with Crippen LogP contribution in [-0.2, 0) is 15.7 Å². The average Bonchev–Trinajstić information content (AvgIpc) is 2.90. The van der Waals surface area contributed by atoms with E-state index in [9.17, 15) is 27.6 Å². The van der Waals surface area contributed by atoms with Crippen molar-refractivity contribution in [1.29, 1.82) is 0 Å². The van der Waals surface area contributed by atoms with E-state index in [0.717, 1.165) is 23.9 Å². The van der Waals surface area contributed by atoms with Gasteiger partial charge in [0, 0.05) is 30.8 Å². The highest BCUT2D eigenvalue weighted by molar-refractivity contribution is 6.00. The molecule has 0 saturated carbocycles. The number of nitrogens with zero attached hydrogens (tertiary/aromatic N) is 2. The zero-order valence-electron chi connectivity index (χ0n) is 21.2. The number of H-pyrrole nitrogens is 1. The molecule has 3 heterocycles. The van der Waals surface area contributed by atoms with E-state index in [0.29, 0.717) is 27.9 Å². The zero-order chi connectivity index (χ0) is 28.9. The first-order chi connectivity index (χ1) is 19.0. The monoisotopic (exact) mass is 552 g/mol. The minimum Gasteiger partial charge on any atom is -0.375 e. The standard InChI is InChI=1S/C27H23F3N6O4/c1-15-3-4-18(34-26(39)35-19-5-6-22(32-13-19)27(28,29)30)11-20(15)17-9-21(25(38)33-12-17)16-7-8-31-23(10-16)36-24(37)14-40-2/h3-13H,14H2,1-2H3,(H,33,38)(H,31,36,37)(H2,34,35,39). The number of benzene rings is 1. The van der Waals surface area contributed by atoms with Gasteiger partial charge in [-0.15, -0.1) is 0 Å². The Bertz CT molecular complexity index is 1600. The highest BCUT2D eigenvalue weighted by Crippen LogP contribution is 2.30. The minimum atomic E-state index is -4.58. The van der Waals surface area contributed by atoms with Crippen molar-refractivity contribution in [2.75, 3.05) is 29.7 Å². The van der Waals surface area contributed by atoms with Gasteiger partial charge in [-0.1, -0.05) is 6.07 Å². The van der Waals surface area contributed by atoms with Crippen molar-refractivity contribution in [1.82, 2.24) is 15.0 Å². The molecule has 4 N–H and O–H groups in total. The lowest BCUT2D eigenvalue weighted by atomic mass is 9.98. The van der Waals surface area contributed by atoms with Crippen molar-refractivity contribution < 1.29 is 27.5 Å². The number of aromatic amines is 1. The number of hydrogen-bond acceptors (Lipinski definition) is 6. The third kappa shape index (κ3) is 6.88. The van der Waals surface area contributed by atoms with Gasteiger partial charge in [-0.2, -0.15) is 13.2 Å². The summed E-state index contributed by atoms with van der Waals surface area (Å²) in [7, 11) is 1.39. The lowest BCUT2D eigenvalue weighted by Crippen LogP contribution is -2.20. The lowest BCUT2D eigenvalue weighted by molar-refractivity contribution is -0.141. The molecule has 3 amide bonds. The predicted molar refractivity (Wildman–Crippen MR) is 143 cm³/mol. The number of urea groups is 1. The summed E-state index contributed by atoms with van der Waals surface area (Å²) in [6.45, 7) is 1.71. The fourth-order valence-electron chi connectivity index (χ4n) is 3.77. The van der Waals surface area contributed by atoms with E-state index in [1.807, 2.05) is 6.92 Å². The second kappa shape index (κ2) is 11.8. The zero-order valence-corrected chi connectivity index (χ0v) is 21.2. The van der Waals surface area contributed by atoms with E-state index in [1.54, 1.807) is 36.4 Å². The Kier molecular flexibility index (Phi) is 8.24. The first kappa shape index (κ1) is 28.0. The molecule has 10 nitrogen and oxygen atoms in total. The van der Waals surface area contributed by atoms with Crippen molar-refractivity contribution >= 4 is 29.1 Å². The molecule has 0 radical (unpaired) electrons. The molecule has 0 spiro atoms. The van der Waals surface area contributed by atoms with E-state index in [4.69, 9.17) is 4.74 Å². The lowest BCUT2D eigenvalue weighted by Gasteiger charge is -2.13. The summed E-state index contributed by atoms with van der Waals surface area (Å²) in [5.74, 6) is -0.144. The van der Waals surface area contributed by atoms with E-state index in [2.05, 4.69) is 30.9 Å². The predicted octanol–water partition coefficient (Wildman–Crippen LogP) is 5.06. The average molecular weight is 553 g/mol. The number of rotatable bonds is 7. The highest BCUT2D eigenvalue weighted by atomic mass is 19.4. The molecule has 0 atom stereocenters. The topological polar surface area (TPSA) is 138 Å². The van der Waals surface area contributed by atoms with Crippen LogP contribution in [0.1, 0.15) is 11.3 Å². The molecule has 13 heteroatoms. The van der Waals surface area contributed by atoms with Gasteiger partial charge in [-0.05, 0) is 71.6 Å². The van der Waals surface area contributed by atoms with Gasteiger partial charge >= 0.3 is 12.2 Å². The van der Waals surface area contributed by atoms with Crippen LogP contribution in [0, 0.1) is 6.92 Å². The van der Waals surface area contributed by atoms with Gasteiger partial charge in [-0.25, -0.2) is 14.8 Å². The van der Waals surface area contributed by atoms with Gasteiger partial charge in [-0.3, -0.25) is 9.59 Å². The number of halogens is 3. The Morgan fingerprint density at radius 3 is 2.38 bits per heavy atom. The molecule has 0 aliphatic carbocycles. The number of nitrogens with one attached hydrogen (secondary N) is 4. The number of pyridine rings is 3. The smallest absolute Gasteiger partial charge is 0.375 e. The molecule has 1 aromatic carbocycles. The number of aryl methyl sites for hydroxylation is 1. The molecular formula is C27H23F3N6O4. The summed E-state index contributed by atoms with van der Waals surface area (Å²) in [5.41, 5.74) is 2.09. The van der Waals surface area contributed by atoms with Crippen LogP contribution in [0.3, 0.4) is 0 Å². The van der Waals surface area contributed by atoms with Crippen molar-refractivity contribution in [2.24, 2.45) is 0 Å². The molecule has 40 heavy (non-hydrogen) atoms. The third-order valence-corrected chi connectivity index (χ3v) is 5.64. The van der Waals surface area contributed by atoms with E-state index < -0.39 is 23.8 Å². The molecule has 0 fully saturated rings. The van der Waals surface area contributed by atoms with Gasteiger partial charge < -0.3 is 25.7 Å². The number of amides is 3. The van der Waals surface area contributed by atoms with Gasteiger partial charge in [0.25, 0.3) is 11.5 Å². The summed E-state index contributed by atoms with van der Waals surface area (Å²) >= 11 is 0. The number of hydrogen-bond donors (Lipinski definition) is 4. The molecular weight excluding hydrogens is 529 g/mol. The van der Waals surface area contributed by atoms with Crippen molar-refractivity contribution in [3.05, 3.63) is 88.7 Å². The van der Waals surface area contributed by atoms with E-state index in [-0.39, 0.29) is 23.7 Å². The van der Waals surface area contributed by atoms with E-state index >= 15 is 0 Å². The summed E-state index contributed by atoms with van der Waals surface area (Å²) < 4.78 is 42.9. The third-order valence-electron chi connectivity index (χ3n) is 5.64. The molecule has 206 valence electrons. The molecule has 0 aliphatic heterocycles. The number of aromatic nitrogens is 3. The Morgan fingerprint density at radius 1 is 0.925 bits per heavy atom. The van der Waals surface area contributed by atoms with E-state index in [1.165, 1.54) is 19.5 Å². The minimum absolute atomic E-state index is 0.0817. The number of alkyl halides is 3. The molecule has 0 bridgehead atoms. The van der Waals surface area contributed by atoms with Crippen LogP contribution in [0.4, 0.5) is 35.2 Å². The summed E-state index contributed by atoms with van der Waals surface area (Å²) in [4.78, 5) is 47.1. The first-order valence-corrected chi connectivity index (χ1v) is 11.7. The Balaban J connectivity index is 1.55. The maximum atomic E-state index is 12.7. The van der Waals surface area contributed by atoms with Gasteiger partial charge in [0.05, 0.1) is 11.9 Å². The Morgan fingerprint density at radius 2 is 1.68 bits per heavy atom. The molecule has 3 aromatic heterocycles. The summed E-state index contributed by atoms with van der Waals surface area (Å²) in [5, 5.41) is 7.66. The maximum absolute atomic E-state index is 12.7. The number of carbonyl (C=O) groups is 2. The second-order valence-corrected chi connectivity index (χ2v) is 8.58. The van der Waals surface area contributed by atoms with Crippen LogP contribution < -0.4 is 21.5 Å². The van der Waals surface area contributed by atoms with Crippen LogP contribution in [-0.4, -0.2) is 40.6 Å². The van der Waals surface area contributed by atoms with Crippen molar-refractivity contribution in [3.8, 4) is 22.3 Å². The van der Waals surface area contributed by atoms with Crippen molar-refractivity contribution in [2.45, 2.75) is 13.1 Å². The molecule has 4 aromatic rings. The fourth-order valence-corrected chi connectivity index (χ4v) is 3.77. The maximum Gasteiger partial charge on any atom is 0.433 e. The van der Waals surface area contributed by atoms with Crippen LogP contribution >= 0.6 is 0 Å². The first-order valence-electron chi connectivity index (χ1n) is 11.7. The Labute approximate surface area is 225 Å². The van der Waals surface area contributed by atoms with Gasteiger partial charge in [0.15, 0.2) is 0 Å². The fraction of sp³-hybridized carbons (Fsp3) is 0.148. The number of methoxy groups -OCH3 is 1. The number of carbonyl (C=O) groups excluding carboxylic acids is 2. The normalized spacial score (nSPS) is 11.1. The number of anilines is 3. The number of ether oxygens (including phenoxy) is 1. The Hall–Kier alpha value is -5.04. The largest absolute Gasteiger partial charge is 0.433 e. The van der Waals surface area contributed by atoms with Gasteiger partial charge in [0.2, 0.25) is 0 Å². The molecule has 4 rings (SSSR count). The van der Waals surface area contributed by atoms with Crippen LogP contribution in [0.15, 0.2) is 71.9 Å².